The van der Waals surface area contributed by atoms with Crippen LogP contribution in [0.2, 0.25) is 0 Å². The van der Waals surface area contributed by atoms with Gasteiger partial charge in [0.15, 0.2) is 5.13 Å². The molecule has 216 valence electrons. The third-order valence-electron chi connectivity index (χ3n) is 6.24. The number of carbonyl (C=O) groups excluding carboxylic acids is 3. The summed E-state index contributed by atoms with van der Waals surface area (Å²) in [6, 6.07) is 30.7. The van der Waals surface area contributed by atoms with Gasteiger partial charge in [-0.3, -0.25) is 14.4 Å². The van der Waals surface area contributed by atoms with Gasteiger partial charge in [0.1, 0.15) is 11.4 Å². The monoisotopic (exact) mass is 608 g/mol. The summed E-state index contributed by atoms with van der Waals surface area (Å²) in [6.45, 7) is 1.81. The van der Waals surface area contributed by atoms with E-state index in [9.17, 15) is 14.4 Å². The van der Waals surface area contributed by atoms with Gasteiger partial charge in [-0.1, -0.05) is 65.9 Å². The highest BCUT2D eigenvalue weighted by Gasteiger charge is 2.18. The maximum Gasteiger partial charge on any atom is 0.272 e. The third-order valence-corrected chi connectivity index (χ3v) is 8.27. The molecule has 1 atom stereocenters. The van der Waals surface area contributed by atoms with Crippen LogP contribution in [-0.4, -0.2) is 35.1 Å². The molecule has 0 fully saturated rings. The quantitative estimate of drug-likeness (QED) is 0.118. The minimum Gasteiger partial charge on any atom is -0.497 e. The van der Waals surface area contributed by atoms with Crippen LogP contribution in [0.4, 0.5) is 10.8 Å². The minimum absolute atomic E-state index is 0.0966. The van der Waals surface area contributed by atoms with Crippen LogP contribution in [0.1, 0.15) is 22.8 Å². The topological polar surface area (TPSA) is 109 Å². The maximum absolute atomic E-state index is 13.4. The molecule has 1 unspecified atom stereocenters. The second-order valence-corrected chi connectivity index (χ2v) is 11.8. The van der Waals surface area contributed by atoms with Crippen molar-refractivity contribution in [2.75, 3.05) is 17.7 Å². The Kier molecular flexibility index (Phi) is 9.50. The van der Waals surface area contributed by atoms with E-state index in [-0.39, 0.29) is 11.6 Å². The first kappa shape index (κ1) is 29.6. The van der Waals surface area contributed by atoms with Crippen molar-refractivity contribution in [2.24, 2.45) is 0 Å². The molecule has 0 bridgehead atoms. The van der Waals surface area contributed by atoms with Gasteiger partial charge < -0.3 is 20.7 Å². The summed E-state index contributed by atoms with van der Waals surface area (Å²) in [5, 5.41) is 8.58. The van der Waals surface area contributed by atoms with E-state index >= 15 is 0 Å². The molecular weight excluding hydrogens is 581 g/mol. The molecule has 10 heteroatoms. The number of hydrogen-bond donors (Lipinski definition) is 3. The molecular formula is C33H28N4O4S2. The fourth-order valence-corrected chi connectivity index (χ4v) is 5.88. The number of rotatable bonds is 10. The standard InChI is InChI=1S/C33H28N4O4S2/c1-21(30(38)37-33-36-27-17-16-25(41-2)20-29(27)43-33)42-26-15-9-14-24(19-26)34-32(40)28(18-22-10-5-3-6-11-22)35-31(39)23-12-7-4-8-13-23/h3-21H,1-2H3,(H,34,40)(H,35,39)(H,36,37,38)/b28-18-. The van der Waals surface area contributed by atoms with Gasteiger partial charge in [0.25, 0.3) is 11.8 Å². The predicted molar refractivity (Wildman–Crippen MR) is 174 cm³/mol. The number of hydrogen-bond acceptors (Lipinski definition) is 7. The third kappa shape index (κ3) is 7.88. The number of thioether (sulfide) groups is 1. The molecule has 1 aromatic heterocycles. The van der Waals surface area contributed by atoms with E-state index in [1.54, 1.807) is 62.6 Å². The van der Waals surface area contributed by atoms with Gasteiger partial charge >= 0.3 is 0 Å². The van der Waals surface area contributed by atoms with Gasteiger partial charge in [0.2, 0.25) is 5.91 Å². The fourth-order valence-electron chi connectivity index (χ4n) is 4.05. The first-order chi connectivity index (χ1) is 20.9. The molecule has 0 aliphatic rings. The second-order valence-electron chi connectivity index (χ2n) is 9.37. The Morgan fingerprint density at radius 3 is 2.37 bits per heavy atom. The van der Waals surface area contributed by atoms with Gasteiger partial charge in [-0.25, -0.2) is 4.98 Å². The zero-order valence-electron chi connectivity index (χ0n) is 23.4. The van der Waals surface area contributed by atoms with E-state index in [0.29, 0.717) is 16.4 Å². The Balaban J connectivity index is 1.26. The summed E-state index contributed by atoms with van der Waals surface area (Å²) >= 11 is 2.73. The molecule has 0 spiro atoms. The molecule has 0 saturated carbocycles. The number of nitrogens with zero attached hydrogens (tertiary/aromatic N) is 1. The highest BCUT2D eigenvalue weighted by atomic mass is 32.2. The molecule has 5 rings (SSSR count). The van der Waals surface area contributed by atoms with Crippen molar-refractivity contribution in [1.29, 1.82) is 0 Å². The zero-order chi connectivity index (χ0) is 30.2. The van der Waals surface area contributed by atoms with E-state index in [4.69, 9.17) is 4.74 Å². The summed E-state index contributed by atoms with van der Waals surface area (Å²) in [7, 11) is 1.61. The minimum atomic E-state index is -0.478. The van der Waals surface area contributed by atoms with Crippen molar-refractivity contribution in [1.82, 2.24) is 10.3 Å². The number of benzene rings is 4. The molecule has 3 amide bonds. The van der Waals surface area contributed by atoms with Crippen LogP contribution in [0.25, 0.3) is 16.3 Å². The largest absolute Gasteiger partial charge is 0.497 e. The van der Waals surface area contributed by atoms with Crippen molar-refractivity contribution < 1.29 is 19.1 Å². The van der Waals surface area contributed by atoms with E-state index < -0.39 is 17.1 Å². The molecule has 0 aliphatic heterocycles. The van der Waals surface area contributed by atoms with Gasteiger partial charge in [-0.05, 0) is 67.1 Å². The first-order valence-electron chi connectivity index (χ1n) is 13.3. The molecule has 8 nitrogen and oxygen atoms in total. The van der Waals surface area contributed by atoms with Crippen LogP contribution in [0, 0.1) is 0 Å². The number of ether oxygens (including phenoxy) is 1. The van der Waals surface area contributed by atoms with Crippen LogP contribution in [0.3, 0.4) is 0 Å². The average Bonchev–Trinajstić information content (AvgIpc) is 3.43. The first-order valence-corrected chi connectivity index (χ1v) is 15.0. The van der Waals surface area contributed by atoms with Gasteiger partial charge in [-0.2, -0.15) is 0 Å². The van der Waals surface area contributed by atoms with E-state index in [1.165, 1.54) is 23.1 Å². The molecule has 3 N–H and O–H groups in total. The lowest BCUT2D eigenvalue weighted by Crippen LogP contribution is -2.30. The molecule has 0 saturated heterocycles. The number of amides is 3. The summed E-state index contributed by atoms with van der Waals surface area (Å²) < 4.78 is 6.18. The summed E-state index contributed by atoms with van der Waals surface area (Å²) in [6.07, 6.45) is 1.62. The van der Waals surface area contributed by atoms with Crippen LogP contribution >= 0.6 is 23.1 Å². The SMILES string of the molecule is COc1ccc2nc(NC(=O)C(C)Sc3cccc(NC(=O)/C(=C/c4ccccc4)NC(=O)c4ccccc4)c3)sc2c1. The predicted octanol–water partition coefficient (Wildman–Crippen LogP) is 6.83. The summed E-state index contributed by atoms with van der Waals surface area (Å²) in [5.74, 6) is -0.337. The normalized spacial score (nSPS) is 11.9. The van der Waals surface area contributed by atoms with Crippen LogP contribution in [0.15, 0.2) is 114 Å². The Morgan fingerprint density at radius 1 is 0.884 bits per heavy atom. The molecule has 43 heavy (non-hydrogen) atoms. The van der Waals surface area contributed by atoms with Crippen molar-refractivity contribution in [3.05, 3.63) is 120 Å². The maximum atomic E-state index is 13.4. The number of fused-ring (bicyclic) bond motifs is 1. The molecule has 0 aliphatic carbocycles. The highest BCUT2D eigenvalue weighted by molar-refractivity contribution is 8.00. The number of thiazole rings is 1. The van der Waals surface area contributed by atoms with Crippen molar-refractivity contribution in [3.8, 4) is 5.75 Å². The number of aromatic nitrogens is 1. The Labute approximate surface area is 257 Å². The molecule has 4 aromatic carbocycles. The van der Waals surface area contributed by atoms with E-state index in [1.807, 2.05) is 60.7 Å². The number of anilines is 2. The Hall–Kier alpha value is -4.93. The van der Waals surface area contributed by atoms with Crippen LogP contribution in [-0.2, 0) is 9.59 Å². The van der Waals surface area contributed by atoms with Crippen LogP contribution in [0.5, 0.6) is 5.75 Å². The summed E-state index contributed by atoms with van der Waals surface area (Å²) in [4.78, 5) is 44.5. The van der Waals surface area contributed by atoms with Crippen molar-refractivity contribution >= 4 is 67.9 Å². The second kappa shape index (κ2) is 13.8. The molecule has 5 aromatic rings. The zero-order valence-corrected chi connectivity index (χ0v) is 25.0. The lowest BCUT2D eigenvalue weighted by atomic mass is 10.1. The van der Waals surface area contributed by atoms with Crippen molar-refractivity contribution in [3.63, 3.8) is 0 Å². The van der Waals surface area contributed by atoms with Crippen molar-refractivity contribution in [2.45, 2.75) is 17.1 Å². The van der Waals surface area contributed by atoms with Gasteiger partial charge in [-0.15, -0.1) is 11.8 Å². The smallest absolute Gasteiger partial charge is 0.272 e. The molecule has 0 radical (unpaired) electrons. The number of methoxy groups -OCH3 is 1. The summed E-state index contributed by atoms with van der Waals surface area (Å²) in [5.41, 5.74) is 2.60. The average molecular weight is 609 g/mol. The lowest BCUT2D eigenvalue weighted by molar-refractivity contribution is -0.115. The Bertz CT molecular complexity index is 1790. The van der Waals surface area contributed by atoms with E-state index in [0.717, 1.165) is 26.4 Å². The van der Waals surface area contributed by atoms with E-state index in [2.05, 4.69) is 20.9 Å². The van der Waals surface area contributed by atoms with Gasteiger partial charge in [0, 0.05) is 16.1 Å². The fraction of sp³-hybridized carbons (Fsp3) is 0.0909. The molecule has 1 heterocycles. The van der Waals surface area contributed by atoms with Gasteiger partial charge in [0.05, 0.1) is 22.6 Å². The van der Waals surface area contributed by atoms with Crippen LogP contribution < -0.4 is 20.7 Å². The lowest BCUT2D eigenvalue weighted by Gasteiger charge is -2.13. The number of nitrogens with one attached hydrogen (secondary N) is 3. The number of carbonyl (C=O) groups is 3. The highest BCUT2D eigenvalue weighted by Crippen LogP contribution is 2.31. The Morgan fingerprint density at radius 2 is 1.63 bits per heavy atom.